The summed E-state index contributed by atoms with van der Waals surface area (Å²) in [6.45, 7) is 2.76. The van der Waals surface area contributed by atoms with Crippen LogP contribution in [0.5, 0.6) is 0 Å². The summed E-state index contributed by atoms with van der Waals surface area (Å²) in [5, 5.41) is 11.9. The molecule has 0 aliphatic carbocycles. The maximum absolute atomic E-state index is 12.1. The van der Waals surface area contributed by atoms with Gasteiger partial charge in [-0.25, -0.2) is 4.98 Å². The molecule has 0 aliphatic heterocycles. The maximum atomic E-state index is 12.1. The van der Waals surface area contributed by atoms with Gasteiger partial charge in [-0.3, -0.25) is 9.20 Å². The van der Waals surface area contributed by atoms with E-state index < -0.39 is 0 Å². The predicted molar refractivity (Wildman–Crippen MR) is 105 cm³/mol. The number of aromatic nitrogens is 5. The minimum absolute atomic E-state index is 0.0689. The molecule has 26 heavy (non-hydrogen) atoms. The minimum Gasteiger partial charge on any atom is -0.302 e. The van der Waals surface area contributed by atoms with Crippen molar-refractivity contribution in [2.45, 2.75) is 24.4 Å². The molecule has 0 amide bonds. The Morgan fingerprint density at radius 2 is 2.12 bits per heavy atom. The van der Waals surface area contributed by atoms with Crippen LogP contribution in [0.15, 0.2) is 51.9 Å². The third-order valence-electron chi connectivity index (χ3n) is 3.85. The van der Waals surface area contributed by atoms with Crippen LogP contribution in [0.4, 0.5) is 0 Å². The number of rotatable bonds is 5. The topological polar surface area (TPSA) is 65.1 Å². The first-order valence-corrected chi connectivity index (χ1v) is 10.2. The second-order valence-corrected chi connectivity index (χ2v) is 7.68. The Morgan fingerprint density at radius 3 is 2.92 bits per heavy atom. The Balaban J connectivity index is 1.62. The smallest absolute Gasteiger partial charge is 0.258 e. The lowest BCUT2D eigenvalue weighted by molar-refractivity contribution is 0.687. The van der Waals surface area contributed by atoms with E-state index in [1.54, 1.807) is 16.7 Å². The molecule has 4 aromatic rings. The van der Waals surface area contributed by atoms with Crippen molar-refractivity contribution in [1.29, 1.82) is 0 Å². The molecule has 0 saturated heterocycles. The van der Waals surface area contributed by atoms with Crippen LogP contribution < -0.4 is 5.56 Å². The second kappa shape index (κ2) is 7.22. The van der Waals surface area contributed by atoms with Crippen LogP contribution >= 0.6 is 34.7 Å². The standard InChI is InChI=1S/C17H14ClN5OS2/c1-2-22-15(12-5-3-4-6-13(12)18)20-21-17(22)26-10-11-9-14(24)23-7-8-25-16(23)19-11/h3-9H,2,10H2,1H3. The van der Waals surface area contributed by atoms with Gasteiger partial charge in [-0.2, -0.15) is 0 Å². The normalized spacial score (nSPS) is 11.3. The van der Waals surface area contributed by atoms with E-state index in [9.17, 15) is 4.79 Å². The fourth-order valence-electron chi connectivity index (χ4n) is 2.62. The Hall–Kier alpha value is -2.16. The Morgan fingerprint density at radius 1 is 1.27 bits per heavy atom. The zero-order valence-electron chi connectivity index (χ0n) is 13.8. The number of hydrogen-bond acceptors (Lipinski definition) is 6. The molecule has 0 atom stereocenters. The fourth-order valence-corrected chi connectivity index (χ4v) is 4.48. The van der Waals surface area contributed by atoms with E-state index >= 15 is 0 Å². The van der Waals surface area contributed by atoms with Gasteiger partial charge in [0.25, 0.3) is 5.56 Å². The van der Waals surface area contributed by atoms with Crippen LogP contribution in [-0.4, -0.2) is 24.1 Å². The van der Waals surface area contributed by atoms with Crippen LogP contribution in [0.1, 0.15) is 12.6 Å². The zero-order chi connectivity index (χ0) is 18.1. The number of thiazole rings is 1. The van der Waals surface area contributed by atoms with Crippen LogP contribution in [0, 0.1) is 0 Å². The first kappa shape index (κ1) is 17.3. The van der Waals surface area contributed by atoms with E-state index in [2.05, 4.69) is 15.2 Å². The lowest BCUT2D eigenvalue weighted by atomic mass is 10.2. The molecule has 0 radical (unpaired) electrons. The lowest BCUT2D eigenvalue weighted by Crippen LogP contribution is -2.12. The summed E-state index contributed by atoms with van der Waals surface area (Å²) in [7, 11) is 0. The van der Waals surface area contributed by atoms with Crippen molar-refractivity contribution in [3.63, 3.8) is 0 Å². The molecule has 0 bridgehead atoms. The number of fused-ring (bicyclic) bond motifs is 1. The monoisotopic (exact) mass is 403 g/mol. The van der Waals surface area contributed by atoms with E-state index in [-0.39, 0.29) is 5.56 Å². The fraction of sp³-hybridized carbons (Fsp3) is 0.176. The molecule has 3 heterocycles. The van der Waals surface area contributed by atoms with Crippen molar-refractivity contribution in [2.24, 2.45) is 0 Å². The molecule has 0 aliphatic rings. The van der Waals surface area contributed by atoms with Gasteiger partial charge in [0.1, 0.15) is 0 Å². The molecule has 0 spiro atoms. The average molecular weight is 404 g/mol. The SMILES string of the molecule is CCn1c(SCc2cc(=O)n3ccsc3n2)nnc1-c1ccccc1Cl. The van der Waals surface area contributed by atoms with Crippen LogP contribution in [0.3, 0.4) is 0 Å². The maximum Gasteiger partial charge on any atom is 0.258 e. The summed E-state index contributed by atoms with van der Waals surface area (Å²) in [6, 6.07) is 9.15. The summed E-state index contributed by atoms with van der Waals surface area (Å²) in [5.74, 6) is 1.28. The third-order valence-corrected chi connectivity index (χ3v) is 5.94. The van der Waals surface area contributed by atoms with Gasteiger partial charge in [-0.15, -0.1) is 21.5 Å². The van der Waals surface area contributed by atoms with Crippen molar-refractivity contribution in [1.82, 2.24) is 24.1 Å². The van der Waals surface area contributed by atoms with E-state index in [1.165, 1.54) is 23.1 Å². The zero-order valence-corrected chi connectivity index (χ0v) is 16.2. The molecule has 3 aromatic heterocycles. The van der Waals surface area contributed by atoms with Crippen molar-refractivity contribution < 1.29 is 0 Å². The van der Waals surface area contributed by atoms with Crippen molar-refractivity contribution in [3.8, 4) is 11.4 Å². The van der Waals surface area contributed by atoms with E-state index in [4.69, 9.17) is 11.6 Å². The second-order valence-electron chi connectivity index (χ2n) is 5.46. The highest BCUT2D eigenvalue weighted by Gasteiger charge is 2.16. The lowest BCUT2D eigenvalue weighted by Gasteiger charge is -2.08. The van der Waals surface area contributed by atoms with Crippen molar-refractivity contribution in [2.75, 3.05) is 0 Å². The summed E-state index contributed by atoms with van der Waals surface area (Å²) >= 11 is 9.25. The quantitative estimate of drug-likeness (QED) is 0.471. The average Bonchev–Trinajstić information content (AvgIpc) is 3.27. The highest BCUT2D eigenvalue weighted by Crippen LogP contribution is 2.30. The molecule has 9 heteroatoms. The predicted octanol–water partition coefficient (Wildman–Crippen LogP) is 3.98. The van der Waals surface area contributed by atoms with Gasteiger partial charge in [-0.05, 0) is 19.1 Å². The molecule has 4 rings (SSSR count). The first-order valence-electron chi connectivity index (χ1n) is 7.94. The Kier molecular flexibility index (Phi) is 4.80. The molecule has 6 nitrogen and oxygen atoms in total. The van der Waals surface area contributed by atoms with Gasteiger partial charge < -0.3 is 4.57 Å². The van der Waals surface area contributed by atoms with Crippen LogP contribution in [0.25, 0.3) is 16.3 Å². The summed E-state index contributed by atoms with van der Waals surface area (Å²) in [5.41, 5.74) is 1.51. The van der Waals surface area contributed by atoms with Crippen molar-refractivity contribution in [3.05, 3.63) is 63.0 Å². The van der Waals surface area contributed by atoms with Gasteiger partial charge in [0.2, 0.25) is 0 Å². The molecule has 132 valence electrons. The summed E-state index contributed by atoms with van der Waals surface area (Å²) in [4.78, 5) is 17.3. The van der Waals surface area contributed by atoms with Gasteiger partial charge in [0.15, 0.2) is 15.9 Å². The molecule has 0 fully saturated rings. The number of hydrogen-bond donors (Lipinski definition) is 0. The Labute approximate surface area is 162 Å². The molecule has 0 unspecified atom stereocenters. The molecule has 1 aromatic carbocycles. The Bertz CT molecular complexity index is 1130. The number of thioether (sulfide) groups is 1. The molecule has 0 saturated carbocycles. The molecular formula is C17H14ClN5OS2. The van der Waals surface area contributed by atoms with Gasteiger partial charge >= 0.3 is 0 Å². The summed E-state index contributed by atoms with van der Waals surface area (Å²) in [6.07, 6.45) is 1.73. The molecule has 0 N–H and O–H groups in total. The van der Waals surface area contributed by atoms with E-state index in [1.807, 2.05) is 41.1 Å². The van der Waals surface area contributed by atoms with Gasteiger partial charge in [0, 0.05) is 35.5 Å². The highest BCUT2D eigenvalue weighted by atomic mass is 35.5. The van der Waals surface area contributed by atoms with Gasteiger partial charge in [0.05, 0.1) is 10.7 Å². The minimum atomic E-state index is -0.0689. The van der Waals surface area contributed by atoms with Crippen molar-refractivity contribution >= 4 is 39.7 Å². The number of halogens is 1. The van der Waals surface area contributed by atoms with Gasteiger partial charge in [-0.1, -0.05) is 35.5 Å². The van der Waals surface area contributed by atoms with Crippen LogP contribution in [0.2, 0.25) is 5.02 Å². The highest BCUT2D eigenvalue weighted by molar-refractivity contribution is 7.98. The first-order chi connectivity index (χ1) is 12.7. The number of benzene rings is 1. The van der Waals surface area contributed by atoms with Crippen LogP contribution in [-0.2, 0) is 12.3 Å². The van der Waals surface area contributed by atoms with E-state index in [0.717, 1.165) is 28.8 Å². The number of nitrogens with zero attached hydrogens (tertiary/aromatic N) is 5. The largest absolute Gasteiger partial charge is 0.302 e. The third kappa shape index (κ3) is 3.15. The molecular weight excluding hydrogens is 390 g/mol. The van der Waals surface area contributed by atoms with E-state index in [0.29, 0.717) is 15.7 Å². The summed E-state index contributed by atoms with van der Waals surface area (Å²) < 4.78 is 3.56.